The predicted octanol–water partition coefficient (Wildman–Crippen LogP) is 1.71. The van der Waals surface area contributed by atoms with E-state index in [1.165, 1.54) is 0 Å². The third-order valence-electron chi connectivity index (χ3n) is 2.55. The van der Waals surface area contributed by atoms with Gasteiger partial charge in [0.2, 0.25) is 17.2 Å². The minimum atomic E-state index is 0.200. The lowest BCUT2D eigenvalue weighted by Gasteiger charge is -2.17. The third kappa shape index (κ3) is 5.01. The van der Waals surface area contributed by atoms with Crippen molar-refractivity contribution in [1.29, 1.82) is 0 Å². The lowest BCUT2D eigenvalue weighted by molar-refractivity contribution is 0.316. The van der Waals surface area contributed by atoms with Crippen LogP contribution in [0.25, 0.3) is 0 Å². The molecule has 1 aromatic heterocycles. The van der Waals surface area contributed by atoms with Gasteiger partial charge in [-0.1, -0.05) is 13.8 Å². The minimum Gasteiger partial charge on any atom is -0.354 e. The summed E-state index contributed by atoms with van der Waals surface area (Å²) in [6.45, 7) is 10.8. The van der Waals surface area contributed by atoms with Gasteiger partial charge in [0.05, 0.1) is 0 Å². The number of hydrogen-bond donors (Lipinski definition) is 2. The van der Waals surface area contributed by atoms with Crippen LogP contribution >= 0.6 is 11.6 Å². The summed E-state index contributed by atoms with van der Waals surface area (Å²) in [5.74, 6) is 1.01. The van der Waals surface area contributed by atoms with E-state index in [9.17, 15) is 0 Å². The third-order valence-corrected chi connectivity index (χ3v) is 2.72. The fourth-order valence-electron chi connectivity index (χ4n) is 1.53. The van der Waals surface area contributed by atoms with E-state index >= 15 is 0 Å². The highest BCUT2D eigenvalue weighted by atomic mass is 35.5. The van der Waals surface area contributed by atoms with Crippen molar-refractivity contribution in [3.05, 3.63) is 5.28 Å². The summed E-state index contributed by atoms with van der Waals surface area (Å²) in [6, 6.07) is 0. The van der Waals surface area contributed by atoms with Crippen LogP contribution in [0.4, 0.5) is 11.9 Å². The molecule has 1 heterocycles. The molecule has 1 rings (SSSR count). The van der Waals surface area contributed by atoms with Crippen molar-refractivity contribution in [3.63, 3.8) is 0 Å². The van der Waals surface area contributed by atoms with Crippen molar-refractivity contribution in [2.75, 3.05) is 43.4 Å². The van der Waals surface area contributed by atoms with E-state index in [0.29, 0.717) is 11.9 Å². The van der Waals surface area contributed by atoms with Crippen LogP contribution in [0.1, 0.15) is 20.8 Å². The minimum absolute atomic E-state index is 0.200. The molecule has 0 saturated heterocycles. The van der Waals surface area contributed by atoms with Crippen LogP contribution < -0.4 is 10.6 Å². The van der Waals surface area contributed by atoms with Crippen molar-refractivity contribution in [3.8, 4) is 0 Å². The van der Waals surface area contributed by atoms with Gasteiger partial charge in [0.15, 0.2) is 0 Å². The molecule has 0 bridgehead atoms. The fourth-order valence-corrected chi connectivity index (χ4v) is 1.69. The molecule has 0 saturated carbocycles. The molecular weight excluding hydrogens is 252 g/mol. The van der Waals surface area contributed by atoms with E-state index < -0.39 is 0 Å². The Morgan fingerprint density at radius 3 is 2.17 bits per heavy atom. The van der Waals surface area contributed by atoms with Gasteiger partial charge in [-0.25, -0.2) is 0 Å². The highest BCUT2D eigenvalue weighted by molar-refractivity contribution is 6.28. The molecule has 0 radical (unpaired) electrons. The largest absolute Gasteiger partial charge is 0.354 e. The van der Waals surface area contributed by atoms with Crippen LogP contribution in [0.3, 0.4) is 0 Å². The number of nitrogens with one attached hydrogen (secondary N) is 2. The topological polar surface area (TPSA) is 66.0 Å². The van der Waals surface area contributed by atoms with E-state index in [1.807, 2.05) is 6.92 Å². The van der Waals surface area contributed by atoms with E-state index in [-0.39, 0.29) is 5.28 Å². The summed E-state index contributed by atoms with van der Waals surface area (Å²) < 4.78 is 0. The summed E-state index contributed by atoms with van der Waals surface area (Å²) in [5, 5.41) is 6.37. The Labute approximate surface area is 113 Å². The SMILES string of the molecule is CCNc1nc(Cl)nc(NCCN(CC)CC)n1. The second-order valence-corrected chi connectivity index (χ2v) is 4.07. The Morgan fingerprint density at radius 2 is 1.61 bits per heavy atom. The second-order valence-electron chi connectivity index (χ2n) is 3.74. The quantitative estimate of drug-likeness (QED) is 0.751. The van der Waals surface area contributed by atoms with Gasteiger partial charge in [-0.3, -0.25) is 0 Å². The number of nitrogens with zero attached hydrogens (tertiary/aromatic N) is 4. The standard InChI is InChI=1S/C11H21ClN6/c1-4-13-10-15-9(12)16-11(17-10)14-7-8-18(5-2)6-3/h4-8H2,1-3H3,(H2,13,14,15,16,17). The van der Waals surface area contributed by atoms with Gasteiger partial charge in [0, 0.05) is 19.6 Å². The molecule has 7 heteroatoms. The van der Waals surface area contributed by atoms with Crippen LogP contribution in [0.5, 0.6) is 0 Å². The van der Waals surface area contributed by atoms with E-state index in [4.69, 9.17) is 11.6 Å². The predicted molar refractivity (Wildman–Crippen MR) is 75.3 cm³/mol. The van der Waals surface area contributed by atoms with Crippen molar-refractivity contribution >= 4 is 23.5 Å². The van der Waals surface area contributed by atoms with Crippen LogP contribution in [-0.2, 0) is 0 Å². The molecule has 1 aromatic rings. The number of halogens is 1. The van der Waals surface area contributed by atoms with E-state index in [1.54, 1.807) is 0 Å². The monoisotopic (exact) mass is 272 g/mol. The number of likely N-dealkylation sites (N-methyl/N-ethyl adjacent to an activating group) is 1. The zero-order valence-corrected chi connectivity index (χ0v) is 12.0. The lowest BCUT2D eigenvalue weighted by Crippen LogP contribution is -2.29. The van der Waals surface area contributed by atoms with Gasteiger partial charge < -0.3 is 15.5 Å². The molecule has 0 atom stereocenters. The van der Waals surface area contributed by atoms with Crippen LogP contribution in [-0.4, -0.2) is 52.6 Å². The van der Waals surface area contributed by atoms with Crippen LogP contribution in [0, 0.1) is 0 Å². The van der Waals surface area contributed by atoms with Crippen molar-refractivity contribution in [2.45, 2.75) is 20.8 Å². The van der Waals surface area contributed by atoms with Crippen LogP contribution in [0.15, 0.2) is 0 Å². The molecule has 0 fully saturated rings. The Balaban J connectivity index is 2.51. The number of rotatable bonds is 8. The first-order chi connectivity index (χ1) is 8.69. The molecule has 102 valence electrons. The molecule has 0 aliphatic rings. The summed E-state index contributed by atoms with van der Waals surface area (Å²) in [6.07, 6.45) is 0. The van der Waals surface area contributed by atoms with E-state index in [2.05, 4.69) is 44.3 Å². The Bertz CT molecular complexity index is 355. The van der Waals surface area contributed by atoms with Gasteiger partial charge in [-0.15, -0.1) is 0 Å². The molecule has 0 aliphatic carbocycles. The van der Waals surface area contributed by atoms with Crippen molar-refractivity contribution in [1.82, 2.24) is 19.9 Å². The zero-order chi connectivity index (χ0) is 13.4. The summed E-state index contributed by atoms with van der Waals surface area (Å²) >= 11 is 5.83. The maximum atomic E-state index is 5.83. The maximum Gasteiger partial charge on any atom is 0.228 e. The van der Waals surface area contributed by atoms with Gasteiger partial charge in [-0.05, 0) is 31.6 Å². The number of hydrogen-bond acceptors (Lipinski definition) is 6. The van der Waals surface area contributed by atoms with Gasteiger partial charge in [0.25, 0.3) is 0 Å². The summed E-state index contributed by atoms with van der Waals surface area (Å²) in [4.78, 5) is 14.6. The average Bonchev–Trinajstić information content (AvgIpc) is 2.34. The highest BCUT2D eigenvalue weighted by Gasteiger charge is 2.04. The lowest BCUT2D eigenvalue weighted by atomic mass is 10.4. The van der Waals surface area contributed by atoms with Gasteiger partial charge in [0.1, 0.15) is 0 Å². The fraction of sp³-hybridized carbons (Fsp3) is 0.727. The first-order valence-corrected chi connectivity index (χ1v) is 6.69. The van der Waals surface area contributed by atoms with Crippen molar-refractivity contribution < 1.29 is 0 Å². The molecule has 0 amide bonds. The number of anilines is 2. The highest BCUT2D eigenvalue weighted by Crippen LogP contribution is 2.08. The first-order valence-electron chi connectivity index (χ1n) is 6.31. The average molecular weight is 273 g/mol. The zero-order valence-electron chi connectivity index (χ0n) is 11.2. The normalized spacial score (nSPS) is 10.7. The van der Waals surface area contributed by atoms with Crippen LogP contribution in [0.2, 0.25) is 5.28 Å². The Hall–Kier alpha value is -1.14. The van der Waals surface area contributed by atoms with E-state index in [0.717, 1.165) is 32.7 Å². The summed E-state index contributed by atoms with van der Waals surface area (Å²) in [7, 11) is 0. The summed E-state index contributed by atoms with van der Waals surface area (Å²) in [5.41, 5.74) is 0. The molecule has 18 heavy (non-hydrogen) atoms. The Morgan fingerprint density at radius 1 is 1.00 bits per heavy atom. The Kier molecular flexibility index (Phi) is 6.67. The maximum absolute atomic E-state index is 5.83. The molecular formula is C11H21ClN6. The molecule has 0 unspecified atom stereocenters. The van der Waals surface area contributed by atoms with Crippen molar-refractivity contribution in [2.24, 2.45) is 0 Å². The first kappa shape index (κ1) is 14.9. The van der Waals surface area contributed by atoms with Gasteiger partial charge in [-0.2, -0.15) is 15.0 Å². The number of aromatic nitrogens is 3. The van der Waals surface area contributed by atoms with Gasteiger partial charge >= 0.3 is 0 Å². The second kappa shape index (κ2) is 8.05. The molecule has 0 spiro atoms. The smallest absolute Gasteiger partial charge is 0.228 e. The molecule has 0 aromatic carbocycles. The molecule has 2 N–H and O–H groups in total. The molecule has 0 aliphatic heterocycles. The molecule has 6 nitrogen and oxygen atoms in total.